The number of carbonyl (C=O) groups excluding carboxylic acids is 1. The van der Waals surface area contributed by atoms with Crippen molar-refractivity contribution in [2.45, 2.75) is 108 Å². The Labute approximate surface area is 213 Å². The molecular formula is C28H40O8. The molecule has 8 nitrogen and oxygen atoms in total. The molecule has 2 aliphatic carbocycles. The number of hydrogen-bond donors (Lipinski definition) is 1. The molecule has 0 unspecified atom stereocenters. The molecular weight excluding hydrogens is 464 g/mol. The van der Waals surface area contributed by atoms with Gasteiger partial charge in [-0.2, -0.15) is 0 Å². The fourth-order valence-electron chi connectivity index (χ4n) is 7.86. The van der Waals surface area contributed by atoms with Gasteiger partial charge in [0.1, 0.15) is 12.2 Å². The van der Waals surface area contributed by atoms with Crippen molar-refractivity contribution in [2.24, 2.45) is 23.2 Å². The number of aliphatic hydroxyl groups is 1. The highest BCUT2D eigenvalue weighted by atomic mass is 16.7. The highest BCUT2D eigenvalue weighted by Crippen LogP contribution is 2.57. The minimum absolute atomic E-state index is 0.0155. The van der Waals surface area contributed by atoms with Gasteiger partial charge in [0.2, 0.25) is 5.79 Å². The van der Waals surface area contributed by atoms with Gasteiger partial charge in [0.15, 0.2) is 6.29 Å². The first-order valence-corrected chi connectivity index (χ1v) is 13.6. The average molecular weight is 505 g/mol. The van der Waals surface area contributed by atoms with Crippen LogP contribution in [-0.2, 0) is 33.2 Å². The molecule has 4 fully saturated rings. The van der Waals surface area contributed by atoms with Crippen LogP contribution in [0.5, 0.6) is 0 Å². The molecule has 0 spiro atoms. The van der Waals surface area contributed by atoms with Crippen LogP contribution >= 0.6 is 0 Å². The van der Waals surface area contributed by atoms with Gasteiger partial charge in [-0.3, -0.25) is 4.79 Å². The molecule has 4 heterocycles. The van der Waals surface area contributed by atoms with Gasteiger partial charge in [-0.1, -0.05) is 18.6 Å². The van der Waals surface area contributed by atoms with Crippen molar-refractivity contribution < 1.29 is 38.3 Å². The van der Waals surface area contributed by atoms with Crippen LogP contribution in [0.4, 0.5) is 0 Å². The van der Waals surface area contributed by atoms with E-state index >= 15 is 0 Å². The van der Waals surface area contributed by atoms with Gasteiger partial charge >= 0.3 is 5.97 Å². The van der Waals surface area contributed by atoms with Crippen molar-refractivity contribution in [3.8, 4) is 0 Å². The van der Waals surface area contributed by atoms with Gasteiger partial charge < -0.3 is 33.5 Å². The van der Waals surface area contributed by atoms with Gasteiger partial charge in [-0.25, -0.2) is 0 Å². The number of hydrogen-bond acceptors (Lipinski definition) is 8. The van der Waals surface area contributed by atoms with Gasteiger partial charge in [0, 0.05) is 20.5 Å². The van der Waals surface area contributed by atoms with E-state index in [2.05, 4.69) is 13.0 Å². The minimum Gasteiger partial charge on any atom is -0.469 e. The SMILES string of the molecule is CO[C@@H]1C[C@H](O[C@H]2CC[C@@]3(C)C(=CC[C@@H]4C(=O)O[C@@H]5CO[C@]6(C)OC=C(CC[C@@H]43)[C@H]56)C2)O[C@H](C)[C@H]1O. The standard InChI is InChI=1S/C28H40O8/c1-15-25(29)21(31-4)12-23(34-15)35-18-9-10-27(2)17(11-18)6-7-19-20(27)8-5-16-13-32-28(3)24(16)22(14-33-28)36-26(19)30/h6,13,15,18-25,29H,5,7-12,14H2,1-4H3/t15-,18+,19+,20+,21-,22-,23+,24-,25-,27+,28+/m1/s1. The normalized spacial score (nSPS) is 50.2. The van der Waals surface area contributed by atoms with Crippen molar-refractivity contribution in [3.63, 3.8) is 0 Å². The lowest BCUT2D eigenvalue weighted by molar-refractivity contribution is -0.265. The maximum atomic E-state index is 13.5. The smallest absolute Gasteiger partial charge is 0.309 e. The van der Waals surface area contributed by atoms with Gasteiger partial charge in [-0.05, 0) is 62.4 Å². The molecule has 0 aromatic heterocycles. The summed E-state index contributed by atoms with van der Waals surface area (Å²) in [6.07, 6.45) is 8.04. The lowest BCUT2D eigenvalue weighted by Gasteiger charge is -2.50. The van der Waals surface area contributed by atoms with E-state index < -0.39 is 11.9 Å². The fourth-order valence-corrected chi connectivity index (χ4v) is 7.86. The van der Waals surface area contributed by atoms with E-state index in [0.717, 1.165) is 32.1 Å². The Morgan fingerprint density at radius 2 is 2.06 bits per heavy atom. The van der Waals surface area contributed by atoms with Crippen LogP contribution < -0.4 is 0 Å². The predicted molar refractivity (Wildman–Crippen MR) is 128 cm³/mol. The van der Waals surface area contributed by atoms with E-state index in [1.807, 2.05) is 20.1 Å². The molecule has 36 heavy (non-hydrogen) atoms. The summed E-state index contributed by atoms with van der Waals surface area (Å²) in [6.45, 7) is 6.54. The zero-order valence-corrected chi connectivity index (χ0v) is 21.8. The first kappa shape index (κ1) is 24.9. The number of carbonyl (C=O) groups is 1. The molecule has 6 aliphatic rings. The van der Waals surface area contributed by atoms with Crippen LogP contribution in [0.1, 0.15) is 65.7 Å². The van der Waals surface area contributed by atoms with E-state index in [9.17, 15) is 9.90 Å². The number of aliphatic hydroxyl groups excluding tert-OH is 1. The topological polar surface area (TPSA) is 92.7 Å². The molecule has 0 amide bonds. The summed E-state index contributed by atoms with van der Waals surface area (Å²) in [4.78, 5) is 13.5. The second kappa shape index (κ2) is 9.09. The Hall–Kier alpha value is -1.45. The molecule has 200 valence electrons. The third-order valence-corrected chi connectivity index (χ3v) is 10.0. The van der Waals surface area contributed by atoms with Crippen LogP contribution in [0, 0.1) is 23.2 Å². The van der Waals surface area contributed by atoms with Gasteiger partial charge in [0.25, 0.3) is 0 Å². The van der Waals surface area contributed by atoms with Crippen LogP contribution in [0.15, 0.2) is 23.5 Å². The Morgan fingerprint density at radius 1 is 1.22 bits per heavy atom. The zero-order chi connectivity index (χ0) is 25.2. The number of methoxy groups -OCH3 is 1. The third kappa shape index (κ3) is 3.95. The summed E-state index contributed by atoms with van der Waals surface area (Å²) < 4.78 is 35.8. The van der Waals surface area contributed by atoms with Crippen LogP contribution in [0.25, 0.3) is 0 Å². The first-order valence-electron chi connectivity index (χ1n) is 13.6. The second-order valence-corrected chi connectivity index (χ2v) is 12.0. The number of allylic oxidation sites excluding steroid dienone is 1. The largest absolute Gasteiger partial charge is 0.469 e. The van der Waals surface area contributed by atoms with Crippen molar-refractivity contribution >= 4 is 5.97 Å². The van der Waals surface area contributed by atoms with Crippen molar-refractivity contribution in [1.29, 1.82) is 0 Å². The second-order valence-electron chi connectivity index (χ2n) is 12.0. The zero-order valence-electron chi connectivity index (χ0n) is 21.8. The van der Waals surface area contributed by atoms with Crippen LogP contribution in [0.3, 0.4) is 0 Å². The van der Waals surface area contributed by atoms with Crippen LogP contribution in [0.2, 0.25) is 0 Å². The molecule has 4 aliphatic heterocycles. The maximum absolute atomic E-state index is 13.5. The number of rotatable bonds is 3. The maximum Gasteiger partial charge on any atom is 0.309 e. The molecule has 1 saturated carbocycles. The highest BCUT2D eigenvalue weighted by molar-refractivity contribution is 5.74. The molecule has 8 heteroatoms. The lowest BCUT2D eigenvalue weighted by atomic mass is 9.55. The van der Waals surface area contributed by atoms with E-state index in [0.29, 0.717) is 19.4 Å². The quantitative estimate of drug-likeness (QED) is 0.460. The molecule has 11 atom stereocenters. The highest BCUT2D eigenvalue weighted by Gasteiger charge is 2.58. The summed E-state index contributed by atoms with van der Waals surface area (Å²) in [5, 5.41) is 10.3. The molecule has 0 bridgehead atoms. The van der Waals surface area contributed by atoms with Crippen molar-refractivity contribution in [1.82, 2.24) is 0 Å². The van der Waals surface area contributed by atoms with Crippen LogP contribution in [-0.4, -0.2) is 67.4 Å². The Bertz CT molecular complexity index is 946. The molecule has 0 aromatic carbocycles. The Balaban J connectivity index is 1.18. The van der Waals surface area contributed by atoms with E-state index in [1.54, 1.807) is 7.11 Å². The Kier molecular flexibility index (Phi) is 6.27. The van der Waals surface area contributed by atoms with E-state index in [1.165, 1.54) is 11.1 Å². The average Bonchev–Trinajstić information content (AvgIpc) is 3.36. The first-order chi connectivity index (χ1) is 17.2. The monoisotopic (exact) mass is 504 g/mol. The van der Waals surface area contributed by atoms with Crippen molar-refractivity contribution in [3.05, 3.63) is 23.5 Å². The lowest BCUT2D eigenvalue weighted by Crippen LogP contribution is -2.50. The molecule has 1 N–H and O–H groups in total. The third-order valence-electron chi connectivity index (χ3n) is 10.0. The minimum atomic E-state index is -0.713. The number of ether oxygens (including phenoxy) is 6. The molecule has 3 saturated heterocycles. The molecule has 0 aromatic rings. The number of fused-ring (bicyclic) bond motifs is 3. The Morgan fingerprint density at radius 3 is 2.86 bits per heavy atom. The molecule has 6 rings (SSSR count). The summed E-state index contributed by atoms with van der Waals surface area (Å²) >= 11 is 0. The van der Waals surface area contributed by atoms with Crippen molar-refractivity contribution in [2.75, 3.05) is 13.7 Å². The predicted octanol–water partition coefficient (Wildman–Crippen LogP) is 3.62. The van der Waals surface area contributed by atoms with E-state index in [4.69, 9.17) is 28.4 Å². The van der Waals surface area contributed by atoms with Gasteiger partial charge in [-0.15, -0.1) is 0 Å². The van der Waals surface area contributed by atoms with E-state index in [-0.39, 0.29) is 59.8 Å². The van der Waals surface area contributed by atoms with Gasteiger partial charge in [0.05, 0.1) is 43.0 Å². The summed E-state index contributed by atoms with van der Waals surface area (Å²) in [5.74, 6) is -0.727. The summed E-state index contributed by atoms with van der Waals surface area (Å²) in [6, 6.07) is 0. The molecule has 0 radical (unpaired) electrons. The fraction of sp³-hybridized carbons (Fsp3) is 0.821. The number of esters is 1. The summed E-state index contributed by atoms with van der Waals surface area (Å²) in [7, 11) is 1.62. The summed E-state index contributed by atoms with van der Waals surface area (Å²) in [5.41, 5.74) is 2.54.